The fourth-order valence-corrected chi connectivity index (χ4v) is 6.22. The fourth-order valence-electron chi connectivity index (χ4n) is 6.22. The normalized spacial score (nSPS) is 22.5. The number of aromatic nitrogens is 1. The molecule has 160 valence electrons. The van der Waals surface area contributed by atoms with Gasteiger partial charge in [-0.25, -0.2) is 0 Å². The van der Waals surface area contributed by atoms with Crippen molar-refractivity contribution in [3.63, 3.8) is 0 Å². The highest BCUT2D eigenvalue weighted by atomic mass is 15.2. The van der Waals surface area contributed by atoms with Crippen molar-refractivity contribution >= 4 is 18.9 Å². The Morgan fingerprint density at radius 2 is 1.57 bits per heavy atom. The van der Waals surface area contributed by atoms with E-state index in [1.807, 2.05) is 6.20 Å². The number of rotatable bonds is 3. The first-order chi connectivity index (χ1) is 14.8. The number of nitrogens with one attached hydrogen (secondary N) is 1. The summed E-state index contributed by atoms with van der Waals surface area (Å²) in [6.45, 7) is 3.23. The number of nitrogens with zero attached hydrogens (tertiary/aromatic N) is 2. The van der Waals surface area contributed by atoms with Crippen LogP contribution in [0.4, 0.5) is 0 Å². The van der Waals surface area contributed by atoms with E-state index in [9.17, 15) is 0 Å². The molecule has 1 spiro atoms. The SMILES string of the molecule is [B]NCN1CCCC2(CCCCC(c3ccnc4ccccc34)CCCC2)CCC1. The van der Waals surface area contributed by atoms with E-state index >= 15 is 0 Å². The molecular formula is C26H38BN3. The molecule has 2 aliphatic rings. The fraction of sp³-hybridized carbons (Fsp3) is 0.654. The van der Waals surface area contributed by atoms with Crippen LogP contribution in [0.15, 0.2) is 36.5 Å². The first-order valence-corrected chi connectivity index (χ1v) is 12.3. The summed E-state index contributed by atoms with van der Waals surface area (Å²) >= 11 is 0. The maximum Gasteiger partial charge on any atom is 0.179 e. The molecule has 1 aromatic carbocycles. The number of benzene rings is 1. The van der Waals surface area contributed by atoms with Crippen LogP contribution in [-0.4, -0.2) is 37.6 Å². The van der Waals surface area contributed by atoms with Crippen LogP contribution in [0.3, 0.4) is 0 Å². The topological polar surface area (TPSA) is 28.2 Å². The third kappa shape index (κ3) is 5.45. The van der Waals surface area contributed by atoms with Gasteiger partial charge in [0.15, 0.2) is 7.98 Å². The molecule has 2 heterocycles. The average molecular weight is 403 g/mol. The predicted molar refractivity (Wildman–Crippen MR) is 128 cm³/mol. The van der Waals surface area contributed by atoms with Crippen LogP contribution in [-0.2, 0) is 0 Å². The van der Waals surface area contributed by atoms with Crippen LogP contribution in [0.2, 0.25) is 0 Å². The van der Waals surface area contributed by atoms with Crippen molar-refractivity contribution in [3.8, 4) is 0 Å². The Hall–Kier alpha value is -1.39. The lowest BCUT2D eigenvalue weighted by Gasteiger charge is -2.39. The highest BCUT2D eigenvalue weighted by Crippen LogP contribution is 2.44. The van der Waals surface area contributed by atoms with E-state index in [-0.39, 0.29) is 0 Å². The van der Waals surface area contributed by atoms with Gasteiger partial charge in [0, 0.05) is 18.3 Å². The molecule has 0 bridgehead atoms. The second-order valence-electron chi connectivity index (χ2n) is 9.79. The molecule has 2 radical (unpaired) electrons. The third-order valence-electron chi connectivity index (χ3n) is 7.82. The quantitative estimate of drug-likeness (QED) is 0.643. The molecular weight excluding hydrogens is 365 g/mol. The van der Waals surface area contributed by atoms with Gasteiger partial charge in [-0.3, -0.25) is 9.88 Å². The number of likely N-dealkylation sites (tertiary alicyclic amines) is 1. The number of hydrogen-bond donors (Lipinski definition) is 1. The lowest BCUT2D eigenvalue weighted by atomic mass is 9.69. The molecule has 1 N–H and O–H groups in total. The Morgan fingerprint density at radius 3 is 2.27 bits per heavy atom. The zero-order chi connectivity index (χ0) is 20.7. The van der Waals surface area contributed by atoms with E-state index in [4.69, 9.17) is 7.98 Å². The van der Waals surface area contributed by atoms with Crippen molar-refractivity contribution in [2.45, 2.75) is 83.0 Å². The van der Waals surface area contributed by atoms with Gasteiger partial charge in [0.05, 0.1) is 5.52 Å². The Morgan fingerprint density at radius 1 is 0.900 bits per heavy atom. The van der Waals surface area contributed by atoms with E-state index in [1.165, 1.54) is 101 Å². The molecule has 1 saturated heterocycles. The van der Waals surface area contributed by atoms with Crippen LogP contribution in [0.25, 0.3) is 10.9 Å². The van der Waals surface area contributed by atoms with Crippen LogP contribution >= 0.6 is 0 Å². The summed E-state index contributed by atoms with van der Waals surface area (Å²) in [6.07, 6.45) is 18.6. The van der Waals surface area contributed by atoms with E-state index in [0.717, 1.165) is 12.2 Å². The molecule has 1 aliphatic heterocycles. The van der Waals surface area contributed by atoms with Gasteiger partial charge in [-0.15, -0.1) is 0 Å². The Balaban J connectivity index is 1.38. The molecule has 2 fully saturated rings. The molecule has 1 saturated carbocycles. The molecule has 0 amide bonds. The monoisotopic (exact) mass is 403 g/mol. The van der Waals surface area contributed by atoms with Gasteiger partial charge in [-0.2, -0.15) is 0 Å². The molecule has 3 nitrogen and oxygen atoms in total. The van der Waals surface area contributed by atoms with Gasteiger partial charge in [-0.1, -0.05) is 43.9 Å². The van der Waals surface area contributed by atoms with E-state index in [0.29, 0.717) is 11.3 Å². The molecule has 0 atom stereocenters. The average Bonchev–Trinajstić information content (AvgIpc) is 2.76. The molecule has 4 heteroatoms. The molecule has 4 rings (SSSR count). The largest absolute Gasteiger partial charge is 0.355 e. The van der Waals surface area contributed by atoms with Gasteiger partial charge in [0.2, 0.25) is 0 Å². The first kappa shape index (κ1) is 21.8. The number of hydrogen-bond acceptors (Lipinski definition) is 3. The molecule has 2 aromatic rings. The maximum absolute atomic E-state index is 5.54. The molecule has 0 unspecified atom stereocenters. The molecule has 1 aliphatic carbocycles. The van der Waals surface area contributed by atoms with Crippen molar-refractivity contribution in [2.24, 2.45) is 5.41 Å². The summed E-state index contributed by atoms with van der Waals surface area (Å²) in [5, 5.41) is 4.21. The summed E-state index contributed by atoms with van der Waals surface area (Å²) in [7, 11) is 5.54. The maximum atomic E-state index is 5.54. The lowest BCUT2D eigenvalue weighted by molar-refractivity contribution is 0.127. The van der Waals surface area contributed by atoms with E-state index in [1.54, 1.807) is 0 Å². The number of fused-ring (bicyclic) bond motifs is 1. The highest BCUT2D eigenvalue weighted by molar-refractivity contribution is 6.04. The Kier molecular flexibility index (Phi) is 7.84. The van der Waals surface area contributed by atoms with Crippen molar-refractivity contribution in [1.82, 2.24) is 15.1 Å². The summed E-state index contributed by atoms with van der Waals surface area (Å²) in [5.41, 5.74) is 3.30. The van der Waals surface area contributed by atoms with Gasteiger partial charge >= 0.3 is 0 Å². The van der Waals surface area contributed by atoms with Crippen LogP contribution < -0.4 is 5.23 Å². The van der Waals surface area contributed by atoms with Crippen LogP contribution in [0.1, 0.15) is 88.5 Å². The standard InChI is InChI=1S/C26H38BN3/c27-29-21-30-19-7-16-26(17-8-20-30)14-5-3-9-22(10-4-6-15-26)23-13-18-28-25-12-2-1-11-24(23)25/h1-2,11-13,18,22,29H,3-10,14-17,19-21H2. The van der Waals surface area contributed by atoms with Crippen molar-refractivity contribution in [1.29, 1.82) is 0 Å². The predicted octanol–water partition coefficient (Wildman–Crippen LogP) is 5.95. The summed E-state index contributed by atoms with van der Waals surface area (Å²) in [5.74, 6) is 0.696. The number of para-hydroxylation sites is 1. The van der Waals surface area contributed by atoms with Gasteiger partial charge in [0.25, 0.3) is 0 Å². The summed E-state index contributed by atoms with van der Waals surface area (Å²) < 4.78 is 0. The smallest absolute Gasteiger partial charge is 0.179 e. The van der Waals surface area contributed by atoms with Crippen molar-refractivity contribution in [2.75, 3.05) is 19.8 Å². The Labute approximate surface area is 184 Å². The molecule has 30 heavy (non-hydrogen) atoms. The Bertz CT molecular complexity index is 763. The van der Waals surface area contributed by atoms with E-state index < -0.39 is 0 Å². The van der Waals surface area contributed by atoms with Gasteiger partial charge in [0.1, 0.15) is 0 Å². The van der Waals surface area contributed by atoms with Gasteiger partial charge < -0.3 is 5.23 Å². The summed E-state index contributed by atoms with van der Waals surface area (Å²) in [4.78, 5) is 7.07. The van der Waals surface area contributed by atoms with E-state index in [2.05, 4.69) is 45.4 Å². The first-order valence-electron chi connectivity index (χ1n) is 12.3. The van der Waals surface area contributed by atoms with Crippen LogP contribution in [0.5, 0.6) is 0 Å². The zero-order valence-electron chi connectivity index (χ0n) is 18.6. The minimum absolute atomic E-state index is 0.610. The highest BCUT2D eigenvalue weighted by Gasteiger charge is 2.31. The molecule has 1 aromatic heterocycles. The lowest BCUT2D eigenvalue weighted by Crippen LogP contribution is -2.37. The second kappa shape index (κ2) is 10.8. The summed E-state index contributed by atoms with van der Waals surface area (Å²) in [6, 6.07) is 11.0. The van der Waals surface area contributed by atoms with Gasteiger partial charge in [-0.05, 0) is 93.5 Å². The van der Waals surface area contributed by atoms with Crippen molar-refractivity contribution in [3.05, 3.63) is 42.1 Å². The minimum atomic E-state index is 0.610. The second-order valence-corrected chi connectivity index (χ2v) is 9.79. The van der Waals surface area contributed by atoms with Crippen LogP contribution in [0, 0.1) is 5.41 Å². The minimum Gasteiger partial charge on any atom is -0.355 e. The van der Waals surface area contributed by atoms with Crippen molar-refractivity contribution < 1.29 is 0 Å². The number of pyridine rings is 1. The zero-order valence-corrected chi connectivity index (χ0v) is 18.6. The third-order valence-corrected chi connectivity index (χ3v) is 7.82.